The fourth-order valence-corrected chi connectivity index (χ4v) is 3.76. The minimum absolute atomic E-state index is 0.443. The van der Waals surface area contributed by atoms with Crippen molar-refractivity contribution in [2.45, 2.75) is 38.5 Å². The molecule has 1 aliphatic rings. The highest BCUT2D eigenvalue weighted by Crippen LogP contribution is 2.39. The van der Waals surface area contributed by atoms with Gasteiger partial charge in [0.15, 0.2) is 11.5 Å². The summed E-state index contributed by atoms with van der Waals surface area (Å²) in [6, 6.07) is 6.18. The van der Waals surface area contributed by atoms with Crippen molar-refractivity contribution in [1.29, 1.82) is 0 Å². The lowest BCUT2D eigenvalue weighted by atomic mass is 9.93. The van der Waals surface area contributed by atoms with Crippen molar-refractivity contribution in [3.63, 3.8) is 0 Å². The van der Waals surface area contributed by atoms with Crippen LogP contribution in [0.3, 0.4) is 0 Å². The number of aromatic amines is 1. The second kappa shape index (κ2) is 7.54. The summed E-state index contributed by atoms with van der Waals surface area (Å²) in [7, 11) is 1.69. The maximum absolute atomic E-state index is 5.94. The van der Waals surface area contributed by atoms with Gasteiger partial charge in [-0.1, -0.05) is 13.3 Å². The van der Waals surface area contributed by atoms with Crippen molar-refractivity contribution in [2.24, 2.45) is 0 Å². The van der Waals surface area contributed by atoms with Gasteiger partial charge in [0.2, 0.25) is 0 Å². The number of fused-ring (bicyclic) bond motifs is 3. The van der Waals surface area contributed by atoms with Gasteiger partial charge in [-0.25, -0.2) is 0 Å². The van der Waals surface area contributed by atoms with Crippen molar-refractivity contribution < 1.29 is 14.2 Å². The molecule has 0 aliphatic carbocycles. The Morgan fingerprint density at radius 1 is 1.19 bits per heavy atom. The van der Waals surface area contributed by atoms with Gasteiger partial charge in [-0.3, -0.25) is 4.98 Å². The van der Waals surface area contributed by atoms with Gasteiger partial charge in [-0.05, 0) is 31.4 Å². The van der Waals surface area contributed by atoms with Crippen LogP contribution in [0.15, 0.2) is 24.4 Å². The Morgan fingerprint density at radius 3 is 2.81 bits per heavy atom. The smallest absolute Gasteiger partial charge is 0.163 e. The van der Waals surface area contributed by atoms with E-state index in [9.17, 15) is 0 Å². The highest BCUT2D eigenvalue weighted by molar-refractivity contribution is 6.09. The van der Waals surface area contributed by atoms with Gasteiger partial charge in [-0.2, -0.15) is 0 Å². The van der Waals surface area contributed by atoms with Crippen molar-refractivity contribution in [3.8, 4) is 11.5 Å². The molecule has 3 heterocycles. The number of aromatic nitrogens is 2. The zero-order valence-electron chi connectivity index (χ0n) is 15.5. The summed E-state index contributed by atoms with van der Waals surface area (Å²) in [6.07, 6.45) is 6.09. The van der Waals surface area contributed by atoms with E-state index in [-0.39, 0.29) is 0 Å². The Hall–Kier alpha value is -2.27. The van der Waals surface area contributed by atoms with E-state index in [0.29, 0.717) is 12.5 Å². The van der Waals surface area contributed by atoms with Gasteiger partial charge in [0, 0.05) is 47.7 Å². The van der Waals surface area contributed by atoms with E-state index in [0.717, 1.165) is 66.8 Å². The first-order valence-corrected chi connectivity index (χ1v) is 9.50. The number of nitrogens with one attached hydrogen (secondary N) is 1. The van der Waals surface area contributed by atoms with E-state index in [1.54, 1.807) is 7.11 Å². The van der Waals surface area contributed by atoms with Crippen LogP contribution in [0.5, 0.6) is 11.5 Å². The first-order chi connectivity index (χ1) is 12.8. The van der Waals surface area contributed by atoms with Gasteiger partial charge < -0.3 is 19.2 Å². The van der Waals surface area contributed by atoms with Gasteiger partial charge >= 0.3 is 0 Å². The third-order valence-electron chi connectivity index (χ3n) is 5.19. The fourth-order valence-electron chi connectivity index (χ4n) is 3.76. The number of hydrogen-bond donors (Lipinski definition) is 1. The monoisotopic (exact) mass is 354 g/mol. The number of nitrogens with zero attached hydrogens (tertiary/aromatic N) is 1. The minimum atomic E-state index is 0.443. The molecule has 5 nitrogen and oxygen atoms in total. The highest BCUT2D eigenvalue weighted by Gasteiger charge is 2.22. The number of H-pyrrole nitrogens is 1. The Bertz CT molecular complexity index is 897. The molecule has 5 heteroatoms. The summed E-state index contributed by atoms with van der Waals surface area (Å²) >= 11 is 0. The molecule has 0 spiro atoms. The zero-order chi connectivity index (χ0) is 17.9. The standard InChI is InChI=1S/C21H26N2O3/c1-3-4-9-26-19-13-17-15(12-18(19)24-2)20-16(23-17)5-8-22-21(20)14-6-10-25-11-7-14/h5,8,12-14,23H,3-4,6-7,9-11H2,1-2H3. The maximum atomic E-state index is 5.94. The third-order valence-corrected chi connectivity index (χ3v) is 5.19. The van der Waals surface area contributed by atoms with E-state index >= 15 is 0 Å². The Labute approximate surface area is 153 Å². The van der Waals surface area contributed by atoms with E-state index < -0.39 is 0 Å². The van der Waals surface area contributed by atoms with Crippen molar-refractivity contribution in [3.05, 3.63) is 30.1 Å². The van der Waals surface area contributed by atoms with Crippen LogP contribution in [0.1, 0.15) is 44.2 Å². The molecule has 0 radical (unpaired) electrons. The van der Waals surface area contributed by atoms with Gasteiger partial charge in [0.25, 0.3) is 0 Å². The molecule has 0 atom stereocenters. The molecular weight excluding hydrogens is 328 g/mol. The van der Waals surface area contributed by atoms with Crippen LogP contribution in [-0.2, 0) is 4.74 Å². The van der Waals surface area contributed by atoms with Crippen LogP contribution in [0.25, 0.3) is 21.8 Å². The fraction of sp³-hybridized carbons (Fsp3) is 0.476. The lowest BCUT2D eigenvalue weighted by molar-refractivity contribution is 0.0848. The predicted molar refractivity (Wildman–Crippen MR) is 103 cm³/mol. The molecule has 1 aromatic carbocycles. The first kappa shape index (κ1) is 17.2. The molecule has 3 aromatic rings. The third kappa shape index (κ3) is 3.12. The molecule has 26 heavy (non-hydrogen) atoms. The molecule has 138 valence electrons. The molecule has 1 N–H and O–H groups in total. The number of hydrogen-bond acceptors (Lipinski definition) is 4. The molecule has 1 aliphatic heterocycles. The van der Waals surface area contributed by atoms with E-state index in [2.05, 4.69) is 24.0 Å². The molecule has 1 fully saturated rings. The van der Waals surface area contributed by atoms with Gasteiger partial charge in [0.05, 0.1) is 24.9 Å². The van der Waals surface area contributed by atoms with E-state index in [1.807, 2.05) is 12.3 Å². The summed E-state index contributed by atoms with van der Waals surface area (Å²) in [4.78, 5) is 8.28. The number of benzene rings is 1. The highest BCUT2D eigenvalue weighted by atomic mass is 16.5. The van der Waals surface area contributed by atoms with Crippen molar-refractivity contribution >= 4 is 21.8 Å². The van der Waals surface area contributed by atoms with E-state index in [1.165, 1.54) is 11.1 Å². The summed E-state index contributed by atoms with van der Waals surface area (Å²) in [5.74, 6) is 2.01. The normalized spacial score (nSPS) is 15.6. The molecule has 2 aromatic heterocycles. The molecule has 0 saturated carbocycles. The predicted octanol–water partition coefficient (Wildman–Crippen LogP) is 4.80. The largest absolute Gasteiger partial charge is 0.493 e. The average Bonchev–Trinajstić information content (AvgIpc) is 3.05. The molecule has 0 bridgehead atoms. The van der Waals surface area contributed by atoms with Gasteiger partial charge in [-0.15, -0.1) is 0 Å². The number of ether oxygens (including phenoxy) is 3. The second-order valence-electron chi connectivity index (χ2n) is 6.88. The molecule has 0 amide bonds. The Morgan fingerprint density at radius 2 is 2.04 bits per heavy atom. The number of unbranched alkanes of at least 4 members (excludes halogenated alkanes) is 1. The van der Waals surface area contributed by atoms with E-state index in [4.69, 9.17) is 19.2 Å². The molecule has 1 saturated heterocycles. The second-order valence-corrected chi connectivity index (χ2v) is 6.88. The van der Waals surface area contributed by atoms with Crippen LogP contribution in [0.2, 0.25) is 0 Å². The molecule has 4 rings (SSSR count). The average molecular weight is 354 g/mol. The maximum Gasteiger partial charge on any atom is 0.163 e. The zero-order valence-corrected chi connectivity index (χ0v) is 15.5. The number of pyridine rings is 1. The molecule has 0 unspecified atom stereocenters. The van der Waals surface area contributed by atoms with Crippen molar-refractivity contribution in [2.75, 3.05) is 26.9 Å². The van der Waals surface area contributed by atoms with Crippen LogP contribution >= 0.6 is 0 Å². The summed E-state index contributed by atoms with van der Waals surface area (Å²) in [6.45, 7) is 4.48. The quantitative estimate of drug-likeness (QED) is 0.646. The van der Waals surface area contributed by atoms with Crippen LogP contribution < -0.4 is 9.47 Å². The lowest BCUT2D eigenvalue weighted by Gasteiger charge is -2.22. The number of methoxy groups -OCH3 is 1. The van der Waals surface area contributed by atoms with Crippen LogP contribution in [0, 0.1) is 0 Å². The summed E-state index contributed by atoms with van der Waals surface area (Å²) < 4.78 is 17.1. The lowest BCUT2D eigenvalue weighted by Crippen LogP contribution is -2.15. The first-order valence-electron chi connectivity index (χ1n) is 9.50. The summed E-state index contributed by atoms with van der Waals surface area (Å²) in [5.41, 5.74) is 3.34. The topological polar surface area (TPSA) is 56.4 Å². The van der Waals surface area contributed by atoms with Crippen molar-refractivity contribution in [1.82, 2.24) is 9.97 Å². The van der Waals surface area contributed by atoms with Crippen LogP contribution in [0.4, 0.5) is 0 Å². The molecular formula is C21H26N2O3. The van der Waals surface area contributed by atoms with Gasteiger partial charge in [0.1, 0.15) is 0 Å². The Balaban J connectivity index is 1.82. The van der Waals surface area contributed by atoms with Crippen LogP contribution in [-0.4, -0.2) is 36.9 Å². The SMILES string of the molecule is CCCCOc1cc2[nH]c3ccnc(C4CCOCC4)c3c2cc1OC. The minimum Gasteiger partial charge on any atom is -0.493 e. The number of rotatable bonds is 6. The summed E-state index contributed by atoms with van der Waals surface area (Å²) in [5, 5.41) is 2.35. The Kier molecular flexibility index (Phi) is 4.98.